The van der Waals surface area contributed by atoms with Crippen LogP contribution in [0.2, 0.25) is 0 Å². The first-order chi connectivity index (χ1) is 11.7. The Kier molecular flexibility index (Phi) is 4.28. The molecule has 5 heteroatoms. The van der Waals surface area contributed by atoms with Gasteiger partial charge in [-0.15, -0.1) is 11.3 Å². The maximum Gasteiger partial charge on any atom is 0.137 e. The molecule has 3 aromatic heterocycles. The number of aromatic amines is 1. The van der Waals surface area contributed by atoms with Crippen molar-refractivity contribution in [2.75, 3.05) is 7.11 Å². The lowest BCUT2D eigenvalue weighted by Crippen LogP contribution is -1.89. The zero-order valence-corrected chi connectivity index (χ0v) is 16.0. The molecule has 120 valence electrons. The van der Waals surface area contributed by atoms with Crippen molar-refractivity contribution in [3.05, 3.63) is 68.9 Å². The number of nitrogens with one attached hydrogen (secondary N) is 1. The second-order valence-corrected chi connectivity index (χ2v) is 8.54. The molecule has 0 aliphatic heterocycles. The smallest absolute Gasteiger partial charge is 0.137 e. The van der Waals surface area contributed by atoms with Gasteiger partial charge in [-0.1, -0.05) is 12.1 Å². The minimum atomic E-state index is 0.851. The van der Waals surface area contributed by atoms with E-state index in [1.807, 2.05) is 18.3 Å². The van der Waals surface area contributed by atoms with Gasteiger partial charge in [-0.25, -0.2) is 4.98 Å². The molecule has 4 rings (SSSR count). The van der Waals surface area contributed by atoms with E-state index in [1.54, 1.807) is 18.4 Å². The number of methoxy groups -OCH3 is 1. The first-order valence-electron chi connectivity index (χ1n) is 7.57. The van der Waals surface area contributed by atoms with Gasteiger partial charge in [0.2, 0.25) is 0 Å². The third-order valence-electron chi connectivity index (χ3n) is 4.00. The van der Waals surface area contributed by atoms with Gasteiger partial charge in [0.05, 0.1) is 9.99 Å². The van der Waals surface area contributed by atoms with Gasteiger partial charge in [0.25, 0.3) is 0 Å². The number of benzene rings is 1. The highest BCUT2D eigenvalue weighted by Crippen LogP contribution is 2.31. The Morgan fingerprint density at radius 3 is 2.92 bits per heavy atom. The molecule has 4 aromatic rings. The molecule has 0 aliphatic rings. The average Bonchev–Trinajstić information content (AvgIpc) is 3.21. The molecule has 0 bridgehead atoms. The van der Waals surface area contributed by atoms with Crippen molar-refractivity contribution in [1.82, 2.24) is 9.97 Å². The van der Waals surface area contributed by atoms with E-state index in [-0.39, 0.29) is 0 Å². The zero-order chi connectivity index (χ0) is 16.5. The molecule has 0 atom stereocenters. The van der Waals surface area contributed by atoms with Crippen LogP contribution in [0.25, 0.3) is 21.5 Å². The van der Waals surface area contributed by atoms with E-state index in [9.17, 15) is 0 Å². The summed E-state index contributed by atoms with van der Waals surface area (Å²) >= 11 is 4.14. The third kappa shape index (κ3) is 3.06. The molecule has 3 nitrogen and oxygen atoms in total. The fraction of sp³-hybridized carbons (Fsp3) is 0.105. The summed E-state index contributed by atoms with van der Waals surface area (Å²) in [4.78, 5) is 9.12. The lowest BCUT2D eigenvalue weighted by atomic mass is 10.0. The van der Waals surface area contributed by atoms with Crippen molar-refractivity contribution < 1.29 is 4.74 Å². The quantitative estimate of drug-likeness (QED) is 0.421. The first-order valence-corrected chi connectivity index (χ1v) is 9.47. The summed E-state index contributed by atoms with van der Waals surface area (Å²) in [6, 6.07) is 14.7. The van der Waals surface area contributed by atoms with Crippen molar-refractivity contribution in [3.63, 3.8) is 0 Å². The highest BCUT2D eigenvalue weighted by atomic mass is 127. The topological polar surface area (TPSA) is 37.9 Å². The minimum absolute atomic E-state index is 0.851. The summed E-state index contributed by atoms with van der Waals surface area (Å²) in [5.41, 5.74) is 4.58. The molecule has 0 unspecified atom stereocenters. The lowest BCUT2D eigenvalue weighted by molar-refractivity contribution is 0.414. The SMILES string of the molecule is COc1cccc(Cc2c[nH]c3ncc(-c4ccc(I)s4)cc23)c1. The Morgan fingerprint density at radius 1 is 1.21 bits per heavy atom. The first kappa shape index (κ1) is 15.7. The van der Waals surface area contributed by atoms with Gasteiger partial charge in [0.15, 0.2) is 0 Å². The van der Waals surface area contributed by atoms with Gasteiger partial charge in [0, 0.05) is 28.2 Å². The molecule has 1 N–H and O–H groups in total. The molecule has 24 heavy (non-hydrogen) atoms. The number of H-pyrrole nitrogens is 1. The zero-order valence-electron chi connectivity index (χ0n) is 13.0. The Labute approximate surface area is 157 Å². The second kappa shape index (κ2) is 6.57. The number of thiophene rings is 1. The Bertz CT molecular complexity index is 1010. The molecule has 0 saturated heterocycles. The predicted octanol–water partition coefficient (Wildman–Crippen LogP) is 5.50. The summed E-state index contributed by atoms with van der Waals surface area (Å²) in [5.74, 6) is 0.888. The minimum Gasteiger partial charge on any atom is -0.497 e. The van der Waals surface area contributed by atoms with E-state index in [2.05, 4.69) is 69.1 Å². The van der Waals surface area contributed by atoms with Gasteiger partial charge in [-0.05, 0) is 70.5 Å². The molecule has 0 radical (unpaired) electrons. The van der Waals surface area contributed by atoms with Crippen LogP contribution in [0.5, 0.6) is 5.75 Å². The number of fused-ring (bicyclic) bond motifs is 1. The van der Waals surface area contributed by atoms with Gasteiger partial charge in [-0.2, -0.15) is 0 Å². The summed E-state index contributed by atoms with van der Waals surface area (Å²) in [6.07, 6.45) is 4.85. The molecule has 1 aromatic carbocycles. The number of hydrogen-bond donors (Lipinski definition) is 1. The lowest BCUT2D eigenvalue weighted by Gasteiger charge is -2.04. The van der Waals surface area contributed by atoms with Crippen LogP contribution in [0, 0.1) is 2.88 Å². The second-order valence-electron chi connectivity index (χ2n) is 5.57. The molecular formula is C19H15IN2OS. The van der Waals surface area contributed by atoms with Crippen LogP contribution in [-0.2, 0) is 6.42 Å². The molecule has 0 fully saturated rings. The van der Waals surface area contributed by atoms with E-state index in [0.29, 0.717) is 0 Å². The van der Waals surface area contributed by atoms with Crippen LogP contribution >= 0.6 is 33.9 Å². The Morgan fingerprint density at radius 2 is 2.12 bits per heavy atom. The maximum absolute atomic E-state index is 5.32. The fourth-order valence-corrected chi connectivity index (χ4v) is 4.41. The normalized spacial score (nSPS) is 11.1. The predicted molar refractivity (Wildman–Crippen MR) is 108 cm³/mol. The largest absolute Gasteiger partial charge is 0.497 e. The molecule has 0 spiro atoms. The highest BCUT2D eigenvalue weighted by Gasteiger charge is 2.09. The number of pyridine rings is 1. The number of rotatable bonds is 4. The summed E-state index contributed by atoms with van der Waals surface area (Å²) in [5, 5.41) is 1.18. The van der Waals surface area contributed by atoms with E-state index < -0.39 is 0 Å². The number of ether oxygens (including phenoxy) is 1. The molecule has 0 aliphatic carbocycles. The van der Waals surface area contributed by atoms with Gasteiger partial charge in [-0.3, -0.25) is 0 Å². The van der Waals surface area contributed by atoms with Crippen molar-refractivity contribution >= 4 is 45.0 Å². The fourth-order valence-electron chi connectivity index (χ4n) is 2.81. The van der Waals surface area contributed by atoms with Gasteiger partial charge in [0.1, 0.15) is 11.4 Å². The van der Waals surface area contributed by atoms with E-state index in [4.69, 9.17) is 4.74 Å². The summed E-state index contributed by atoms with van der Waals surface area (Å²) < 4.78 is 6.61. The van der Waals surface area contributed by atoms with Crippen LogP contribution in [0.1, 0.15) is 11.1 Å². The molecule has 0 saturated carbocycles. The number of halogens is 1. The maximum atomic E-state index is 5.32. The van der Waals surface area contributed by atoms with Crippen molar-refractivity contribution in [2.24, 2.45) is 0 Å². The number of aromatic nitrogens is 2. The van der Waals surface area contributed by atoms with E-state index in [0.717, 1.165) is 17.8 Å². The Balaban J connectivity index is 1.73. The van der Waals surface area contributed by atoms with Crippen molar-refractivity contribution in [2.45, 2.75) is 6.42 Å². The van der Waals surface area contributed by atoms with Crippen molar-refractivity contribution in [3.8, 4) is 16.2 Å². The number of nitrogens with zero attached hydrogens (tertiary/aromatic N) is 1. The van der Waals surface area contributed by atoms with Crippen molar-refractivity contribution in [1.29, 1.82) is 0 Å². The summed E-state index contributed by atoms with van der Waals surface area (Å²) in [7, 11) is 1.70. The van der Waals surface area contributed by atoms with Crippen LogP contribution < -0.4 is 4.74 Å². The standard InChI is InChI=1S/C19H15IN2OS/c1-23-15-4-2-3-12(8-15)7-13-10-21-19-16(13)9-14(11-22-19)17-5-6-18(20)24-17/h2-6,8-11H,7H2,1H3,(H,21,22). The van der Waals surface area contributed by atoms with Crippen LogP contribution in [0.3, 0.4) is 0 Å². The van der Waals surface area contributed by atoms with E-state index in [1.165, 1.54) is 29.8 Å². The molecule has 0 amide bonds. The Hall–Kier alpha value is -1.86. The molecule has 3 heterocycles. The van der Waals surface area contributed by atoms with E-state index >= 15 is 0 Å². The highest BCUT2D eigenvalue weighted by molar-refractivity contribution is 14.1. The van der Waals surface area contributed by atoms with Crippen LogP contribution in [-0.4, -0.2) is 17.1 Å². The molecular weight excluding hydrogens is 431 g/mol. The summed E-state index contributed by atoms with van der Waals surface area (Å²) in [6.45, 7) is 0. The van der Waals surface area contributed by atoms with Gasteiger partial charge < -0.3 is 9.72 Å². The monoisotopic (exact) mass is 446 g/mol. The average molecular weight is 446 g/mol. The number of hydrogen-bond acceptors (Lipinski definition) is 3. The van der Waals surface area contributed by atoms with Gasteiger partial charge >= 0.3 is 0 Å². The third-order valence-corrected chi connectivity index (χ3v) is 5.95. The van der Waals surface area contributed by atoms with Crippen LogP contribution in [0.4, 0.5) is 0 Å². The van der Waals surface area contributed by atoms with Crippen LogP contribution in [0.15, 0.2) is 54.9 Å².